The van der Waals surface area contributed by atoms with Crippen LogP contribution in [-0.4, -0.2) is 60.5 Å². The van der Waals surface area contributed by atoms with Crippen LogP contribution in [0.5, 0.6) is 5.75 Å². The fourth-order valence-electron chi connectivity index (χ4n) is 3.63. The van der Waals surface area contributed by atoms with Crippen LogP contribution < -0.4 is 9.64 Å². The fourth-order valence-corrected chi connectivity index (χ4v) is 3.63. The summed E-state index contributed by atoms with van der Waals surface area (Å²) in [5.41, 5.74) is 1.27. The molecule has 1 aromatic carbocycles. The van der Waals surface area contributed by atoms with Crippen molar-refractivity contribution < 1.29 is 24.3 Å². The minimum Gasteiger partial charge on any atom is -0.507 e. The van der Waals surface area contributed by atoms with Crippen molar-refractivity contribution >= 4 is 17.4 Å². The van der Waals surface area contributed by atoms with E-state index in [1.54, 1.807) is 59.8 Å². The molecule has 1 aliphatic heterocycles. The molecule has 2 N–H and O–H groups in total. The van der Waals surface area contributed by atoms with Gasteiger partial charge in [0.05, 0.1) is 32.3 Å². The van der Waals surface area contributed by atoms with E-state index in [4.69, 9.17) is 4.74 Å². The number of amides is 1. The molecule has 0 bridgehead atoms. The molecule has 31 heavy (non-hydrogen) atoms. The summed E-state index contributed by atoms with van der Waals surface area (Å²) in [6, 6.07) is 9.61. The lowest BCUT2D eigenvalue weighted by Crippen LogP contribution is -3.05. The number of ether oxygens (including phenoxy) is 1. The van der Waals surface area contributed by atoms with Gasteiger partial charge in [0.15, 0.2) is 0 Å². The molecule has 7 nitrogen and oxygen atoms in total. The lowest BCUT2D eigenvalue weighted by atomic mass is 9.96. The average molecular weight is 423 g/mol. The van der Waals surface area contributed by atoms with E-state index in [2.05, 4.69) is 11.6 Å². The quantitative estimate of drug-likeness (QED) is 0.278. The van der Waals surface area contributed by atoms with Gasteiger partial charge in [0.1, 0.15) is 18.1 Å². The van der Waals surface area contributed by atoms with Crippen LogP contribution in [-0.2, 0) is 9.59 Å². The summed E-state index contributed by atoms with van der Waals surface area (Å²) >= 11 is 0. The van der Waals surface area contributed by atoms with Gasteiger partial charge in [-0.1, -0.05) is 12.7 Å². The van der Waals surface area contributed by atoms with Crippen molar-refractivity contribution in [1.29, 1.82) is 0 Å². The summed E-state index contributed by atoms with van der Waals surface area (Å²) < 4.78 is 5.47. The van der Waals surface area contributed by atoms with Crippen LogP contribution in [0.3, 0.4) is 0 Å². The summed E-state index contributed by atoms with van der Waals surface area (Å²) in [5, 5.41) is 11.0. The van der Waals surface area contributed by atoms with Gasteiger partial charge in [0, 0.05) is 30.9 Å². The van der Waals surface area contributed by atoms with E-state index in [1.165, 1.54) is 4.90 Å². The van der Waals surface area contributed by atoms with Crippen LogP contribution in [0.4, 0.5) is 0 Å². The molecule has 162 valence electrons. The van der Waals surface area contributed by atoms with E-state index in [9.17, 15) is 14.7 Å². The number of hydrogen-bond donors (Lipinski definition) is 2. The van der Waals surface area contributed by atoms with Crippen LogP contribution in [0.2, 0.25) is 0 Å². The van der Waals surface area contributed by atoms with E-state index in [-0.39, 0.29) is 11.3 Å². The summed E-state index contributed by atoms with van der Waals surface area (Å²) in [6.07, 6.45) is 5.62. The highest BCUT2D eigenvalue weighted by atomic mass is 16.5. The molecule has 1 saturated heterocycles. The maximum atomic E-state index is 13.0. The Hall–Kier alpha value is -3.45. The third-order valence-corrected chi connectivity index (χ3v) is 5.13. The zero-order chi connectivity index (χ0) is 22.4. The number of benzene rings is 1. The molecule has 2 aromatic rings. The largest absolute Gasteiger partial charge is 0.507 e. The molecule has 1 amide bonds. The van der Waals surface area contributed by atoms with Crippen molar-refractivity contribution in [3.05, 3.63) is 78.1 Å². The Bertz CT molecular complexity index is 968. The first kappa shape index (κ1) is 22.2. The molecule has 1 aromatic heterocycles. The maximum Gasteiger partial charge on any atom is 0.295 e. The minimum absolute atomic E-state index is 0.0909. The normalized spacial score (nSPS) is 17.9. The second kappa shape index (κ2) is 10.0. The van der Waals surface area contributed by atoms with Crippen molar-refractivity contribution in [2.24, 2.45) is 0 Å². The van der Waals surface area contributed by atoms with E-state index in [0.29, 0.717) is 24.5 Å². The summed E-state index contributed by atoms with van der Waals surface area (Å²) in [4.78, 5) is 32.7. The molecule has 1 aliphatic rings. The molecule has 0 radical (unpaired) electrons. The summed E-state index contributed by atoms with van der Waals surface area (Å²) in [5.74, 6) is -0.850. The Morgan fingerprint density at radius 3 is 2.48 bits per heavy atom. The number of aliphatic hydroxyl groups is 1. The molecule has 7 heteroatoms. The number of pyridine rings is 1. The number of Topliss-reactive ketones (excluding diaryl/α,β-unsaturated/α-hetero) is 1. The Balaban J connectivity index is 2.00. The van der Waals surface area contributed by atoms with E-state index >= 15 is 0 Å². The first-order chi connectivity index (χ1) is 14.9. The number of aliphatic hydroxyl groups excluding tert-OH is 1. The molecule has 0 unspecified atom stereocenters. The lowest BCUT2D eigenvalue weighted by molar-refractivity contribution is -0.858. The Morgan fingerprint density at radius 2 is 1.87 bits per heavy atom. The summed E-state index contributed by atoms with van der Waals surface area (Å²) in [7, 11) is 4.08. The van der Waals surface area contributed by atoms with E-state index in [0.717, 1.165) is 18.5 Å². The van der Waals surface area contributed by atoms with Crippen LogP contribution in [0, 0.1) is 0 Å². The van der Waals surface area contributed by atoms with Crippen LogP contribution >= 0.6 is 0 Å². The third-order valence-electron chi connectivity index (χ3n) is 5.13. The van der Waals surface area contributed by atoms with Gasteiger partial charge >= 0.3 is 0 Å². The maximum absolute atomic E-state index is 13.0. The van der Waals surface area contributed by atoms with Crippen molar-refractivity contribution in [2.75, 3.05) is 33.8 Å². The van der Waals surface area contributed by atoms with Gasteiger partial charge in [0.2, 0.25) is 0 Å². The highest BCUT2D eigenvalue weighted by Crippen LogP contribution is 2.39. The molecule has 3 rings (SSSR count). The number of carbonyl (C=O) groups excluding carboxylic acids is 2. The predicted molar refractivity (Wildman–Crippen MR) is 118 cm³/mol. The number of hydrogen-bond acceptors (Lipinski definition) is 5. The van der Waals surface area contributed by atoms with Gasteiger partial charge < -0.3 is 19.6 Å². The number of aromatic nitrogens is 1. The van der Waals surface area contributed by atoms with Crippen molar-refractivity contribution in [2.45, 2.75) is 12.5 Å². The smallest absolute Gasteiger partial charge is 0.295 e. The number of nitrogens with one attached hydrogen (secondary N) is 1. The van der Waals surface area contributed by atoms with Gasteiger partial charge in [-0.2, -0.15) is 0 Å². The van der Waals surface area contributed by atoms with Gasteiger partial charge in [-0.05, 0) is 42.0 Å². The van der Waals surface area contributed by atoms with Crippen LogP contribution in [0.15, 0.2) is 67.0 Å². The summed E-state index contributed by atoms with van der Waals surface area (Å²) in [6.45, 7) is 5.26. The fraction of sp³-hybridized carbons (Fsp3) is 0.292. The lowest BCUT2D eigenvalue weighted by Gasteiger charge is -2.25. The number of ketones is 1. The second-order valence-electron chi connectivity index (χ2n) is 7.71. The highest BCUT2D eigenvalue weighted by molar-refractivity contribution is 6.46. The minimum atomic E-state index is -0.677. The number of quaternary nitrogens is 1. The Labute approximate surface area is 182 Å². The van der Waals surface area contributed by atoms with Crippen molar-refractivity contribution in [3.8, 4) is 5.75 Å². The van der Waals surface area contributed by atoms with E-state index < -0.39 is 17.7 Å². The molecule has 0 saturated carbocycles. The first-order valence-electron chi connectivity index (χ1n) is 10.3. The van der Waals surface area contributed by atoms with Gasteiger partial charge in [-0.25, -0.2) is 0 Å². The number of likely N-dealkylation sites (tertiary alicyclic amines) is 1. The van der Waals surface area contributed by atoms with Crippen LogP contribution in [0.25, 0.3) is 5.76 Å². The zero-order valence-corrected chi connectivity index (χ0v) is 17.9. The highest BCUT2D eigenvalue weighted by Gasteiger charge is 2.45. The number of carbonyl (C=O) groups is 2. The zero-order valence-electron chi connectivity index (χ0n) is 17.9. The molecule has 2 heterocycles. The second-order valence-corrected chi connectivity index (χ2v) is 7.71. The van der Waals surface area contributed by atoms with Gasteiger partial charge in [-0.15, -0.1) is 0 Å². The number of rotatable bonds is 9. The first-order valence-corrected chi connectivity index (χ1v) is 10.3. The third kappa shape index (κ3) is 5.00. The molecular formula is C24H28N3O4+. The topological polar surface area (TPSA) is 84.2 Å². The van der Waals surface area contributed by atoms with Gasteiger partial charge in [-0.3, -0.25) is 14.6 Å². The SMILES string of the molecule is C=CCOc1ccc(C(O)=C2C(=O)C(=O)N(CCC[NH+](C)C)[C@H]2c2ccncc2)cc1. The molecule has 0 aliphatic carbocycles. The van der Waals surface area contributed by atoms with Gasteiger partial charge in [0.25, 0.3) is 11.7 Å². The van der Waals surface area contributed by atoms with E-state index in [1.807, 2.05) is 14.1 Å². The van der Waals surface area contributed by atoms with Crippen LogP contribution in [0.1, 0.15) is 23.6 Å². The number of nitrogens with zero attached hydrogens (tertiary/aromatic N) is 2. The van der Waals surface area contributed by atoms with Crippen molar-refractivity contribution in [3.63, 3.8) is 0 Å². The van der Waals surface area contributed by atoms with Crippen molar-refractivity contribution in [1.82, 2.24) is 9.88 Å². The molecule has 1 fully saturated rings. The monoisotopic (exact) mass is 422 g/mol. The average Bonchev–Trinajstić information content (AvgIpc) is 3.03. The molecule has 1 atom stereocenters. The molecular weight excluding hydrogens is 394 g/mol. The molecule has 0 spiro atoms. The Kier molecular flexibility index (Phi) is 7.20. The standard InChI is InChI=1S/C24H27N3O4/c1-4-16-31-19-8-6-18(7-9-19)22(28)20-21(17-10-12-25-13-11-17)27(24(30)23(20)29)15-5-14-26(2)3/h4,6-13,21,28H,1,5,14-16H2,2-3H3/p+1/t21-/m0/s1. The Morgan fingerprint density at radius 1 is 1.19 bits per heavy atom. The predicted octanol–water partition coefficient (Wildman–Crippen LogP) is 1.60.